The molecule has 0 aliphatic rings. The summed E-state index contributed by atoms with van der Waals surface area (Å²) < 4.78 is 12.8. The van der Waals surface area contributed by atoms with Gasteiger partial charge >= 0.3 is 0 Å². The molecule has 0 bridgehead atoms. The number of rotatable bonds is 8. The van der Waals surface area contributed by atoms with Crippen LogP contribution in [0.2, 0.25) is 0 Å². The highest BCUT2D eigenvalue weighted by Crippen LogP contribution is 2.05. The second-order valence-corrected chi connectivity index (χ2v) is 5.01. The highest BCUT2D eigenvalue weighted by Gasteiger charge is 2.02. The molecule has 1 aromatic rings. The zero-order valence-electron chi connectivity index (χ0n) is 11.7. The van der Waals surface area contributed by atoms with E-state index in [1.165, 1.54) is 25.0 Å². The van der Waals surface area contributed by atoms with Gasteiger partial charge in [-0.05, 0) is 38.1 Å². The quantitative estimate of drug-likeness (QED) is 0.765. The summed E-state index contributed by atoms with van der Waals surface area (Å²) >= 11 is 0. The molecule has 1 N–H and O–H groups in total. The number of hydrogen-bond acceptors (Lipinski definition) is 2. The third-order valence-electron chi connectivity index (χ3n) is 3.07. The van der Waals surface area contributed by atoms with Gasteiger partial charge in [0.05, 0.1) is 0 Å². The molecule has 0 aromatic heterocycles. The number of likely N-dealkylation sites (N-methyl/N-ethyl adjacent to an activating group) is 1. The zero-order valence-corrected chi connectivity index (χ0v) is 11.7. The van der Waals surface area contributed by atoms with Crippen LogP contribution in [0.1, 0.15) is 32.3 Å². The van der Waals surface area contributed by atoms with Crippen molar-refractivity contribution in [2.45, 2.75) is 39.3 Å². The van der Waals surface area contributed by atoms with Crippen LogP contribution in [0.3, 0.4) is 0 Å². The number of halogens is 1. The Morgan fingerprint density at radius 3 is 2.56 bits per heavy atom. The molecule has 0 radical (unpaired) electrons. The van der Waals surface area contributed by atoms with Gasteiger partial charge in [0, 0.05) is 25.7 Å². The van der Waals surface area contributed by atoms with Crippen LogP contribution in [0, 0.1) is 5.82 Å². The van der Waals surface area contributed by atoms with Crippen LogP contribution in [-0.4, -0.2) is 31.1 Å². The van der Waals surface area contributed by atoms with Gasteiger partial charge in [0.25, 0.3) is 0 Å². The van der Waals surface area contributed by atoms with Gasteiger partial charge in [-0.2, -0.15) is 0 Å². The number of hydrogen-bond donors (Lipinski definition) is 1. The largest absolute Gasteiger partial charge is 0.313 e. The Kier molecular flexibility index (Phi) is 6.91. The van der Waals surface area contributed by atoms with Gasteiger partial charge in [0.1, 0.15) is 5.82 Å². The first kappa shape index (κ1) is 15.1. The summed E-state index contributed by atoms with van der Waals surface area (Å²) in [4.78, 5) is 2.25. The lowest BCUT2D eigenvalue weighted by Gasteiger charge is -2.19. The Hall–Kier alpha value is -0.930. The molecular formula is C15H25FN2. The molecule has 0 amide bonds. The van der Waals surface area contributed by atoms with Crippen molar-refractivity contribution in [1.29, 1.82) is 0 Å². The minimum absolute atomic E-state index is 0.170. The van der Waals surface area contributed by atoms with Gasteiger partial charge < -0.3 is 10.2 Å². The van der Waals surface area contributed by atoms with E-state index in [1.54, 1.807) is 0 Å². The molecule has 0 saturated heterocycles. The molecule has 102 valence electrons. The molecule has 0 aliphatic carbocycles. The average molecular weight is 252 g/mol. The first-order valence-corrected chi connectivity index (χ1v) is 6.78. The summed E-state index contributed by atoms with van der Waals surface area (Å²) in [7, 11) is 2.09. The van der Waals surface area contributed by atoms with E-state index >= 15 is 0 Å². The number of benzene rings is 1. The molecule has 3 heteroatoms. The molecule has 0 fully saturated rings. The van der Waals surface area contributed by atoms with Crippen molar-refractivity contribution < 1.29 is 4.39 Å². The summed E-state index contributed by atoms with van der Waals surface area (Å²) in [5, 5.41) is 3.51. The first-order valence-electron chi connectivity index (χ1n) is 6.78. The Balaban J connectivity index is 2.21. The Labute approximate surface area is 110 Å². The van der Waals surface area contributed by atoms with Crippen molar-refractivity contribution in [3.05, 3.63) is 35.6 Å². The van der Waals surface area contributed by atoms with E-state index < -0.39 is 0 Å². The average Bonchev–Trinajstić information content (AvgIpc) is 2.32. The summed E-state index contributed by atoms with van der Waals surface area (Å²) in [5.74, 6) is -0.170. The van der Waals surface area contributed by atoms with E-state index in [0.29, 0.717) is 6.04 Å². The van der Waals surface area contributed by atoms with Crippen molar-refractivity contribution in [3.63, 3.8) is 0 Å². The minimum Gasteiger partial charge on any atom is -0.313 e. The zero-order chi connectivity index (χ0) is 13.4. The topological polar surface area (TPSA) is 15.3 Å². The monoisotopic (exact) mass is 252 g/mol. The van der Waals surface area contributed by atoms with Crippen molar-refractivity contribution in [3.8, 4) is 0 Å². The van der Waals surface area contributed by atoms with Crippen molar-refractivity contribution >= 4 is 0 Å². The third kappa shape index (κ3) is 6.12. The molecule has 18 heavy (non-hydrogen) atoms. The molecule has 1 atom stereocenters. The molecule has 1 aromatic carbocycles. The fourth-order valence-corrected chi connectivity index (χ4v) is 2.02. The third-order valence-corrected chi connectivity index (χ3v) is 3.07. The molecule has 0 aliphatic heterocycles. The number of nitrogens with zero attached hydrogens (tertiary/aromatic N) is 1. The lowest BCUT2D eigenvalue weighted by Crippen LogP contribution is -2.34. The maximum atomic E-state index is 12.8. The van der Waals surface area contributed by atoms with Gasteiger partial charge in [0.2, 0.25) is 0 Å². The summed E-state index contributed by atoms with van der Waals surface area (Å²) in [6.45, 7) is 7.30. The van der Waals surface area contributed by atoms with Gasteiger partial charge in [-0.25, -0.2) is 4.39 Å². The maximum Gasteiger partial charge on any atom is 0.123 e. The van der Waals surface area contributed by atoms with Crippen LogP contribution in [-0.2, 0) is 6.54 Å². The Morgan fingerprint density at radius 1 is 1.28 bits per heavy atom. The second kappa shape index (κ2) is 8.22. The SMILES string of the molecule is CCCC(C)NCCN(C)Cc1ccc(F)cc1. The number of nitrogens with one attached hydrogen (secondary N) is 1. The maximum absolute atomic E-state index is 12.8. The fraction of sp³-hybridized carbons (Fsp3) is 0.600. The van der Waals surface area contributed by atoms with Crippen molar-refractivity contribution in [2.75, 3.05) is 20.1 Å². The van der Waals surface area contributed by atoms with E-state index in [9.17, 15) is 4.39 Å². The summed E-state index contributed by atoms with van der Waals surface area (Å²) in [6, 6.07) is 7.32. The molecule has 2 nitrogen and oxygen atoms in total. The Bertz CT molecular complexity index is 324. The van der Waals surface area contributed by atoms with Crippen LogP contribution in [0.15, 0.2) is 24.3 Å². The second-order valence-electron chi connectivity index (χ2n) is 5.01. The van der Waals surface area contributed by atoms with E-state index in [1.807, 2.05) is 12.1 Å². The molecular weight excluding hydrogens is 227 g/mol. The van der Waals surface area contributed by atoms with Crippen LogP contribution >= 0.6 is 0 Å². The van der Waals surface area contributed by atoms with Gasteiger partial charge in [0.15, 0.2) is 0 Å². The lowest BCUT2D eigenvalue weighted by molar-refractivity contribution is 0.316. The van der Waals surface area contributed by atoms with Crippen LogP contribution in [0.5, 0.6) is 0 Å². The van der Waals surface area contributed by atoms with E-state index in [2.05, 4.69) is 31.1 Å². The van der Waals surface area contributed by atoms with Gasteiger partial charge in [-0.15, -0.1) is 0 Å². The molecule has 1 unspecified atom stereocenters. The van der Waals surface area contributed by atoms with Crippen molar-refractivity contribution in [1.82, 2.24) is 10.2 Å². The molecule has 0 heterocycles. The van der Waals surface area contributed by atoms with E-state index in [-0.39, 0.29) is 5.82 Å². The van der Waals surface area contributed by atoms with E-state index in [0.717, 1.165) is 25.2 Å². The summed E-state index contributed by atoms with van der Waals surface area (Å²) in [6.07, 6.45) is 2.45. The lowest BCUT2D eigenvalue weighted by atomic mass is 10.2. The smallest absolute Gasteiger partial charge is 0.123 e. The first-order chi connectivity index (χ1) is 8.61. The Morgan fingerprint density at radius 2 is 1.94 bits per heavy atom. The predicted octanol–water partition coefficient (Wildman–Crippen LogP) is 3.04. The highest BCUT2D eigenvalue weighted by molar-refractivity contribution is 5.15. The minimum atomic E-state index is -0.170. The standard InChI is InChI=1S/C15H25FN2/c1-4-5-13(2)17-10-11-18(3)12-14-6-8-15(16)9-7-14/h6-9,13,17H,4-5,10-12H2,1-3H3. The van der Waals surface area contributed by atoms with Crippen LogP contribution < -0.4 is 5.32 Å². The van der Waals surface area contributed by atoms with Crippen molar-refractivity contribution in [2.24, 2.45) is 0 Å². The normalized spacial score (nSPS) is 12.9. The predicted molar refractivity (Wildman–Crippen MR) is 75.1 cm³/mol. The summed E-state index contributed by atoms with van der Waals surface area (Å²) in [5.41, 5.74) is 1.15. The fourth-order valence-electron chi connectivity index (χ4n) is 2.02. The van der Waals surface area contributed by atoms with Crippen LogP contribution in [0.25, 0.3) is 0 Å². The van der Waals surface area contributed by atoms with Gasteiger partial charge in [-0.3, -0.25) is 0 Å². The van der Waals surface area contributed by atoms with E-state index in [4.69, 9.17) is 0 Å². The highest BCUT2D eigenvalue weighted by atomic mass is 19.1. The molecule has 1 rings (SSSR count). The molecule has 0 spiro atoms. The molecule has 0 saturated carbocycles. The van der Waals surface area contributed by atoms with Crippen LogP contribution in [0.4, 0.5) is 4.39 Å². The van der Waals surface area contributed by atoms with Gasteiger partial charge in [-0.1, -0.05) is 25.5 Å².